The van der Waals surface area contributed by atoms with Crippen LogP contribution in [0.25, 0.3) is 10.1 Å². The fraction of sp³-hybridized carbons (Fsp3) is 0.250. The van der Waals surface area contributed by atoms with Crippen LogP contribution < -0.4 is 10.1 Å². The highest BCUT2D eigenvalue weighted by atomic mass is 35.5. The van der Waals surface area contributed by atoms with Crippen LogP contribution >= 0.6 is 46.1 Å². The van der Waals surface area contributed by atoms with Gasteiger partial charge in [0.1, 0.15) is 10.6 Å². The van der Waals surface area contributed by atoms with Crippen LogP contribution in [0.3, 0.4) is 0 Å². The van der Waals surface area contributed by atoms with Gasteiger partial charge >= 0.3 is 0 Å². The molecule has 1 aliphatic rings. The van der Waals surface area contributed by atoms with E-state index in [1.54, 1.807) is 12.1 Å². The van der Waals surface area contributed by atoms with E-state index in [4.69, 9.17) is 44.3 Å². The van der Waals surface area contributed by atoms with Gasteiger partial charge in [-0.2, -0.15) is 4.31 Å². The van der Waals surface area contributed by atoms with Gasteiger partial charge in [-0.1, -0.05) is 34.8 Å². The largest absolute Gasteiger partial charge is 0.495 e. The molecule has 1 amide bonds. The second-order valence-electron chi connectivity index (χ2n) is 6.84. The van der Waals surface area contributed by atoms with Crippen molar-refractivity contribution in [3.8, 4) is 5.75 Å². The van der Waals surface area contributed by atoms with Crippen molar-refractivity contribution >= 4 is 77.8 Å². The van der Waals surface area contributed by atoms with E-state index in [2.05, 4.69) is 5.32 Å². The number of rotatable bonds is 5. The first-order valence-corrected chi connectivity index (χ1v) is 12.8. The van der Waals surface area contributed by atoms with E-state index < -0.39 is 15.9 Å². The number of thiophene rings is 1. The molecular weight excluding hydrogens is 519 g/mol. The van der Waals surface area contributed by atoms with E-state index in [1.807, 2.05) is 0 Å². The SMILES string of the molecule is COc1cc(S(=O)(=O)N2CCOCC2)ccc1NC(=O)c1sc2cc(Cl)cc(Cl)c2c1Cl. The Hall–Kier alpha value is -1.59. The minimum absolute atomic E-state index is 0.0653. The molecule has 0 unspecified atom stereocenters. The summed E-state index contributed by atoms with van der Waals surface area (Å²) in [5.41, 5.74) is 0.302. The maximum Gasteiger partial charge on any atom is 0.267 e. The van der Waals surface area contributed by atoms with E-state index in [0.29, 0.717) is 39.0 Å². The van der Waals surface area contributed by atoms with Crippen LogP contribution in [0.1, 0.15) is 9.67 Å². The van der Waals surface area contributed by atoms with Crippen molar-refractivity contribution < 1.29 is 22.7 Å². The molecule has 1 aliphatic heterocycles. The number of ether oxygens (including phenoxy) is 2. The number of nitrogens with zero attached hydrogens (tertiary/aromatic N) is 1. The van der Waals surface area contributed by atoms with Gasteiger partial charge in [-0.25, -0.2) is 8.42 Å². The summed E-state index contributed by atoms with van der Waals surface area (Å²) in [4.78, 5) is 13.3. The summed E-state index contributed by atoms with van der Waals surface area (Å²) >= 11 is 19.8. The van der Waals surface area contributed by atoms with Crippen molar-refractivity contribution in [2.45, 2.75) is 4.90 Å². The smallest absolute Gasteiger partial charge is 0.267 e. The topological polar surface area (TPSA) is 84.9 Å². The first-order chi connectivity index (χ1) is 15.2. The Labute approximate surface area is 203 Å². The molecule has 0 saturated carbocycles. The highest BCUT2D eigenvalue weighted by Crippen LogP contribution is 2.41. The first-order valence-electron chi connectivity index (χ1n) is 9.36. The summed E-state index contributed by atoms with van der Waals surface area (Å²) < 4.78 is 38.4. The Morgan fingerprint density at radius 2 is 1.88 bits per heavy atom. The third-order valence-corrected chi connectivity index (χ3v) is 8.92. The number of hydrogen-bond acceptors (Lipinski definition) is 6. The lowest BCUT2D eigenvalue weighted by Gasteiger charge is -2.26. The number of morpholine rings is 1. The van der Waals surface area contributed by atoms with E-state index in [9.17, 15) is 13.2 Å². The molecule has 170 valence electrons. The van der Waals surface area contributed by atoms with Crippen LogP contribution in [0.2, 0.25) is 15.1 Å². The normalized spacial score (nSPS) is 15.1. The average Bonchev–Trinajstić information content (AvgIpc) is 3.11. The summed E-state index contributed by atoms with van der Waals surface area (Å²) in [6, 6.07) is 7.52. The number of sulfonamides is 1. The Morgan fingerprint density at radius 1 is 1.16 bits per heavy atom. The number of nitrogens with one attached hydrogen (secondary N) is 1. The molecule has 2 heterocycles. The van der Waals surface area contributed by atoms with Crippen molar-refractivity contribution in [3.63, 3.8) is 0 Å². The Bertz CT molecular complexity index is 1300. The molecule has 0 aliphatic carbocycles. The number of amides is 1. The van der Waals surface area contributed by atoms with Gasteiger partial charge in [-0.3, -0.25) is 4.79 Å². The summed E-state index contributed by atoms with van der Waals surface area (Å²) in [6.07, 6.45) is 0. The molecule has 1 fully saturated rings. The van der Waals surface area contributed by atoms with Crippen LogP contribution in [-0.2, 0) is 14.8 Å². The third kappa shape index (κ3) is 4.43. The van der Waals surface area contributed by atoms with Crippen molar-refractivity contribution in [1.29, 1.82) is 0 Å². The molecule has 1 saturated heterocycles. The lowest BCUT2D eigenvalue weighted by atomic mass is 10.2. The maximum atomic E-state index is 12.9. The number of fused-ring (bicyclic) bond motifs is 1. The first kappa shape index (κ1) is 23.6. The van der Waals surface area contributed by atoms with Crippen LogP contribution in [0.5, 0.6) is 5.75 Å². The van der Waals surface area contributed by atoms with E-state index in [-0.39, 0.29) is 33.6 Å². The van der Waals surface area contributed by atoms with Crippen molar-refractivity contribution in [3.05, 3.63) is 50.3 Å². The predicted molar refractivity (Wildman–Crippen MR) is 127 cm³/mol. The van der Waals surface area contributed by atoms with Crippen LogP contribution in [0.4, 0.5) is 5.69 Å². The fourth-order valence-electron chi connectivity index (χ4n) is 3.31. The maximum absolute atomic E-state index is 12.9. The highest BCUT2D eigenvalue weighted by Gasteiger charge is 2.28. The van der Waals surface area contributed by atoms with Gasteiger partial charge in [0.2, 0.25) is 10.0 Å². The Kier molecular flexibility index (Phi) is 6.88. The molecule has 7 nitrogen and oxygen atoms in total. The number of carbonyl (C=O) groups excluding carboxylic acids is 1. The zero-order valence-electron chi connectivity index (χ0n) is 16.7. The quantitative estimate of drug-likeness (QED) is 0.489. The van der Waals surface area contributed by atoms with Gasteiger partial charge in [-0.15, -0.1) is 11.3 Å². The van der Waals surface area contributed by atoms with Gasteiger partial charge in [0.25, 0.3) is 5.91 Å². The lowest BCUT2D eigenvalue weighted by Crippen LogP contribution is -2.40. The standard InChI is InChI=1S/C20H17Cl3N2O5S2/c1-29-15-10-12(32(27,28)25-4-6-30-7-5-25)2-3-14(15)24-20(26)19-18(23)17-13(22)8-11(21)9-16(17)31-19/h2-3,8-10H,4-7H2,1H3,(H,24,26). The lowest BCUT2D eigenvalue weighted by molar-refractivity contribution is 0.0730. The molecule has 0 bridgehead atoms. The summed E-state index contributed by atoms with van der Waals surface area (Å²) in [6.45, 7) is 1.24. The molecule has 3 aromatic rings. The number of benzene rings is 2. The molecule has 1 N–H and O–H groups in total. The third-order valence-electron chi connectivity index (χ3n) is 4.88. The van der Waals surface area contributed by atoms with Crippen LogP contribution in [0.15, 0.2) is 35.2 Å². The van der Waals surface area contributed by atoms with Gasteiger partial charge in [0, 0.05) is 34.3 Å². The minimum Gasteiger partial charge on any atom is -0.495 e. The Morgan fingerprint density at radius 3 is 2.56 bits per heavy atom. The molecule has 0 spiro atoms. The van der Waals surface area contributed by atoms with Crippen molar-refractivity contribution in [2.75, 3.05) is 38.7 Å². The van der Waals surface area contributed by atoms with E-state index in [1.165, 1.54) is 29.6 Å². The fourth-order valence-corrected chi connectivity index (χ4v) is 7.01. The van der Waals surface area contributed by atoms with Gasteiger partial charge in [0.05, 0.1) is 41.0 Å². The highest BCUT2D eigenvalue weighted by molar-refractivity contribution is 7.89. The van der Waals surface area contributed by atoms with Crippen LogP contribution in [-0.4, -0.2) is 52.0 Å². The number of anilines is 1. The predicted octanol–water partition coefficient (Wildman–Crippen LogP) is 5.14. The molecule has 0 radical (unpaired) electrons. The molecule has 4 rings (SSSR count). The van der Waals surface area contributed by atoms with Gasteiger partial charge in [0.15, 0.2) is 0 Å². The second-order valence-corrected chi connectivity index (χ2v) is 11.1. The summed E-state index contributed by atoms with van der Waals surface area (Å²) in [5.74, 6) is -0.281. The van der Waals surface area contributed by atoms with E-state index >= 15 is 0 Å². The van der Waals surface area contributed by atoms with Crippen molar-refractivity contribution in [2.24, 2.45) is 0 Å². The average molecular weight is 536 g/mol. The summed E-state index contributed by atoms with van der Waals surface area (Å²) in [7, 11) is -2.32. The summed E-state index contributed by atoms with van der Waals surface area (Å²) in [5, 5.41) is 4.28. The van der Waals surface area contributed by atoms with Crippen molar-refractivity contribution in [1.82, 2.24) is 4.31 Å². The number of hydrogen-bond donors (Lipinski definition) is 1. The molecule has 1 aromatic heterocycles. The monoisotopic (exact) mass is 534 g/mol. The van der Waals surface area contributed by atoms with Gasteiger partial charge < -0.3 is 14.8 Å². The van der Waals surface area contributed by atoms with E-state index in [0.717, 1.165) is 11.3 Å². The molecule has 0 atom stereocenters. The van der Waals surface area contributed by atoms with Crippen LogP contribution in [0, 0.1) is 0 Å². The Balaban J connectivity index is 1.63. The second kappa shape index (κ2) is 9.34. The minimum atomic E-state index is -3.71. The number of halogens is 3. The zero-order valence-corrected chi connectivity index (χ0v) is 20.6. The number of methoxy groups -OCH3 is 1. The molecule has 12 heteroatoms. The molecule has 32 heavy (non-hydrogen) atoms. The number of carbonyl (C=O) groups is 1. The zero-order chi connectivity index (χ0) is 23.0. The molecule has 2 aromatic carbocycles. The molecular formula is C20H17Cl3N2O5S2. The van der Waals surface area contributed by atoms with Gasteiger partial charge in [-0.05, 0) is 24.3 Å².